The molecule has 2 aromatic carbocycles. The Hall–Kier alpha value is -3.25. The second kappa shape index (κ2) is 8.84. The van der Waals surface area contributed by atoms with Crippen molar-refractivity contribution in [3.05, 3.63) is 78.9 Å². The molecule has 0 bridgehead atoms. The number of aliphatic hydroxyl groups excluding tert-OH is 4. The highest BCUT2D eigenvalue weighted by Gasteiger charge is 2.57. The molecule has 1 aliphatic heterocycles. The van der Waals surface area contributed by atoms with E-state index in [0.717, 1.165) is 11.3 Å². The Bertz CT molecular complexity index is 1260. The van der Waals surface area contributed by atoms with Crippen LogP contribution in [0.5, 0.6) is 5.75 Å². The van der Waals surface area contributed by atoms with Crippen LogP contribution in [-0.2, 0) is 11.3 Å². The highest BCUT2D eigenvalue weighted by molar-refractivity contribution is 5.82. The van der Waals surface area contributed by atoms with Crippen LogP contribution >= 0.6 is 0 Å². The standard InChI is InChI=1S/C24H25N3O7/c28-13-19-21(29)22(30)24(32,23(31)33-19)34-18-5-3-4-17-20(18)27(14-25-17)12-15-6-8-16(9-7-15)26-10-1-2-11-26/h1-11,14,19,21-23,28-32H,12-13H2/t19-,21-,22+,23+,24+/m1/s1. The van der Waals surface area contributed by atoms with E-state index < -0.39 is 37.0 Å². The number of para-hydroxylation sites is 1. The van der Waals surface area contributed by atoms with Crippen molar-refractivity contribution in [2.75, 3.05) is 6.61 Å². The summed E-state index contributed by atoms with van der Waals surface area (Å²) in [5.41, 5.74) is 3.10. The van der Waals surface area contributed by atoms with Gasteiger partial charge in [0.2, 0.25) is 6.29 Å². The van der Waals surface area contributed by atoms with Crippen molar-refractivity contribution in [3.8, 4) is 11.4 Å². The van der Waals surface area contributed by atoms with Crippen LogP contribution in [0, 0.1) is 0 Å². The number of imidazole rings is 1. The van der Waals surface area contributed by atoms with Gasteiger partial charge in [-0.2, -0.15) is 0 Å². The number of benzene rings is 2. The van der Waals surface area contributed by atoms with Gasteiger partial charge in [-0.1, -0.05) is 18.2 Å². The first-order valence-corrected chi connectivity index (χ1v) is 10.8. The quantitative estimate of drug-likeness (QED) is 0.256. The fraction of sp³-hybridized carbons (Fsp3) is 0.292. The largest absolute Gasteiger partial charge is 0.452 e. The lowest BCUT2D eigenvalue weighted by molar-refractivity contribution is -0.385. The fourth-order valence-corrected chi connectivity index (χ4v) is 4.15. The minimum Gasteiger partial charge on any atom is -0.452 e. The summed E-state index contributed by atoms with van der Waals surface area (Å²) in [4.78, 5) is 4.39. The number of ether oxygens (including phenoxy) is 2. The maximum absolute atomic E-state index is 10.9. The van der Waals surface area contributed by atoms with E-state index in [4.69, 9.17) is 9.47 Å². The van der Waals surface area contributed by atoms with Crippen LogP contribution < -0.4 is 4.74 Å². The SMILES string of the molecule is OC[C@H]1O[C@H](O)[C@@](O)(Oc2cccc3ncn(Cc4ccc(-n5cccc5)cc4)c23)[C@@H](O)[C@@H]1O. The molecule has 0 saturated carbocycles. The fourth-order valence-electron chi connectivity index (χ4n) is 4.15. The number of hydrogen-bond donors (Lipinski definition) is 5. The summed E-state index contributed by atoms with van der Waals surface area (Å²) >= 11 is 0. The van der Waals surface area contributed by atoms with E-state index in [1.165, 1.54) is 0 Å². The van der Waals surface area contributed by atoms with Gasteiger partial charge in [0.15, 0.2) is 6.10 Å². The Morgan fingerprint density at radius 3 is 2.44 bits per heavy atom. The molecule has 1 fully saturated rings. The van der Waals surface area contributed by atoms with E-state index in [9.17, 15) is 25.5 Å². The van der Waals surface area contributed by atoms with Gasteiger partial charge in [0.05, 0.1) is 18.5 Å². The van der Waals surface area contributed by atoms with E-state index in [0.29, 0.717) is 17.6 Å². The zero-order chi connectivity index (χ0) is 23.9. The van der Waals surface area contributed by atoms with E-state index in [1.807, 2.05) is 57.9 Å². The molecule has 34 heavy (non-hydrogen) atoms. The number of rotatable bonds is 6. The molecule has 0 unspecified atom stereocenters. The lowest BCUT2D eigenvalue weighted by atomic mass is 9.96. The summed E-state index contributed by atoms with van der Waals surface area (Å²) < 4.78 is 14.6. The van der Waals surface area contributed by atoms with Crippen molar-refractivity contribution in [3.63, 3.8) is 0 Å². The molecule has 0 amide bonds. The molecule has 5 N–H and O–H groups in total. The van der Waals surface area contributed by atoms with E-state index in [1.54, 1.807) is 24.5 Å². The zero-order valence-electron chi connectivity index (χ0n) is 18.0. The molecule has 178 valence electrons. The molecule has 5 atom stereocenters. The van der Waals surface area contributed by atoms with Crippen LogP contribution in [0.1, 0.15) is 5.56 Å². The van der Waals surface area contributed by atoms with Crippen LogP contribution in [0.3, 0.4) is 0 Å². The highest BCUT2D eigenvalue weighted by Crippen LogP contribution is 2.35. The predicted octanol–water partition coefficient (Wildman–Crippen LogP) is 0.374. The molecule has 1 saturated heterocycles. The molecule has 3 heterocycles. The average molecular weight is 467 g/mol. The first kappa shape index (κ1) is 22.5. The summed E-state index contributed by atoms with van der Waals surface area (Å²) in [6, 6.07) is 16.9. The average Bonchev–Trinajstić information content (AvgIpc) is 3.52. The zero-order valence-corrected chi connectivity index (χ0v) is 18.0. The van der Waals surface area contributed by atoms with Gasteiger partial charge < -0.3 is 44.1 Å². The topological polar surface area (TPSA) is 142 Å². The molecule has 10 heteroatoms. The smallest absolute Gasteiger partial charge is 0.288 e. The summed E-state index contributed by atoms with van der Waals surface area (Å²) in [5.74, 6) is -2.55. The van der Waals surface area contributed by atoms with Crippen molar-refractivity contribution in [1.29, 1.82) is 0 Å². The maximum Gasteiger partial charge on any atom is 0.288 e. The minimum absolute atomic E-state index is 0.123. The van der Waals surface area contributed by atoms with Crippen LogP contribution in [-0.4, -0.2) is 76.6 Å². The molecular weight excluding hydrogens is 442 g/mol. The molecule has 5 rings (SSSR count). The van der Waals surface area contributed by atoms with Crippen molar-refractivity contribution < 1.29 is 35.0 Å². The number of aromatic nitrogens is 3. The summed E-state index contributed by atoms with van der Waals surface area (Å²) in [6.07, 6.45) is -1.36. The van der Waals surface area contributed by atoms with Crippen LogP contribution in [0.4, 0.5) is 0 Å². The summed E-state index contributed by atoms with van der Waals surface area (Å²) in [5, 5.41) is 51.1. The molecule has 1 aliphatic rings. The van der Waals surface area contributed by atoms with E-state index >= 15 is 0 Å². The van der Waals surface area contributed by atoms with Crippen molar-refractivity contribution in [1.82, 2.24) is 14.1 Å². The van der Waals surface area contributed by atoms with Gasteiger partial charge in [0, 0.05) is 24.6 Å². The van der Waals surface area contributed by atoms with E-state index in [2.05, 4.69) is 4.98 Å². The van der Waals surface area contributed by atoms with Gasteiger partial charge in [-0.05, 0) is 42.0 Å². The van der Waals surface area contributed by atoms with Crippen LogP contribution in [0.15, 0.2) is 73.3 Å². The second-order valence-electron chi connectivity index (χ2n) is 8.25. The maximum atomic E-state index is 10.9. The van der Waals surface area contributed by atoms with Gasteiger partial charge in [-0.15, -0.1) is 0 Å². The molecule has 0 spiro atoms. The third kappa shape index (κ3) is 3.86. The van der Waals surface area contributed by atoms with Crippen LogP contribution in [0.2, 0.25) is 0 Å². The normalized spacial score (nSPS) is 27.2. The molecule has 4 aromatic rings. The first-order chi connectivity index (χ1) is 16.4. The Morgan fingerprint density at radius 1 is 1.00 bits per heavy atom. The van der Waals surface area contributed by atoms with Gasteiger partial charge in [0.25, 0.3) is 5.79 Å². The van der Waals surface area contributed by atoms with Crippen molar-refractivity contribution in [2.45, 2.75) is 36.9 Å². The Morgan fingerprint density at radius 2 is 1.74 bits per heavy atom. The monoisotopic (exact) mass is 467 g/mol. The predicted molar refractivity (Wildman–Crippen MR) is 120 cm³/mol. The highest BCUT2D eigenvalue weighted by atomic mass is 16.7. The molecule has 0 aliphatic carbocycles. The minimum atomic E-state index is -2.67. The third-order valence-electron chi connectivity index (χ3n) is 6.03. The Balaban J connectivity index is 1.44. The number of aliphatic hydroxyl groups is 5. The lowest BCUT2D eigenvalue weighted by Gasteiger charge is -2.45. The number of nitrogens with zero attached hydrogens (tertiary/aromatic N) is 3. The summed E-state index contributed by atoms with van der Waals surface area (Å²) in [7, 11) is 0. The number of hydrogen-bond acceptors (Lipinski definition) is 8. The first-order valence-electron chi connectivity index (χ1n) is 10.8. The molecule has 2 aromatic heterocycles. The van der Waals surface area contributed by atoms with Crippen LogP contribution in [0.25, 0.3) is 16.7 Å². The van der Waals surface area contributed by atoms with Gasteiger partial charge in [-0.3, -0.25) is 0 Å². The van der Waals surface area contributed by atoms with Gasteiger partial charge >= 0.3 is 0 Å². The molecular formula is C24H25N3O7. The second-order valence-corrected chi connectivity index (χ2v) is 8.25. The van der Waals surface area contributed by atoms with Crippen molar-refractivity contribution >= 4 is 11.0 Å². The Kier molecular flexibility index (Phi) is 5.86. The lowest BCUT2D eigenvalue weighted by Crippen LogP contribution is -2.69. The van der Waals surface area contributed by atoms with E-state index in [-0.39, 0.29) is 5.75 Å². The summed E-state index contributed by atoms with van der Waals surface area (Å²) in [6.45, 7) is -0.213. The third-order valence-corrected chi connectivity index (χ3v) is 6.03. The van der Waals surface area contributed by atoms with Gasteiger partial charge in [0.1, 0.15) is 23.5 Å². The number of fused-ring (bicyclic) bond motifs is 1. The molecule has 0 radical (unpaired) electrons. The van der Waals surface area contributed by atoms with Crippen molar-refractivity contribution in [2.24, 2.45) is 0 Å². The Labute approximate surface area is 194 Å². The van der Waals surface area contributed by atoms with Gasteiger partial charge in [-0.25, -0.2) is 4.98 Å². The molecule has 10 nitrogen and oxygen atoms in total.